The summed E-state index contributed by atoms with van der Waals surface area (Å²) in [5.41, 5.74) is 8.67. The van der Waals surface area contributed by atoms with E-state index in [1.54, 1.807) is 35.2 Å². The standard InChI is InChI=1S/C21H17FN2O2/c22-16-8-6-14(7-9-16)13-24-18-12-17(23)10-11-19(18)26-20(21(24)25)15-4-2-1-3-5-15/h1-12,20H,13,23H2. The summed E-state index contributed by atoms with van der Waals surface area (Å²) in [6.45, 7) is 0.308. The van der Waals surface area contributed by atoms with E-state index in [1.165, 1.54) is 12.1 Å². The van der Waals surface area contributed by atoms with Crippen molar-refractivity contribution in [1.29, 1.82) is 0 Å². The number of nitrogens with two attached hydrogens (primary N) is 1. The molecule has 1 heterocycles. The number of carbonyl (C=O) groups excluding carboxylic acids is 1. The number of carbonyl (C=O) groups is 1. The third-order valence-electron chi connectivity index (χ3n) is 4.37. The number of ether oxygens (including phenoxy) is 1. The first-order valence-corrected chi connectivity index (χ1v) is 8.29. The van der Waals surface area contributed by atoms with E-state index >= 15 is 0 Å². The summed E-state index contributed by atoms with van der Waals surface area (Å²) in [4.78, 5) is 14.8. The summed E-state index contributed by atoms with van der Waals surface area (Å²) in [6, 6.07) is 20.7. The van der Waals surface area contributed by atoms with E-state index in [-0.39, 0.29) is 11.7 Å². The van der Waals surface area contributed by atoms with Gasteiger partial charge in [0.1, 0.15) is 11.6 Å². The number of halogens is 1. The molecule has 0 aliphatic carbocycles. The quantitative estimate of drug-likeness (QED) is 0.726. The molecule has 3 aromatic carbocycles. The topological polar surface area (TPSA) is 55.6 Å². The van der Waals surface area contributed by atoms with Crippen molar-refractivity contribution in [1.82, 2.24) is 0 Å². The summed E-state index contributed by atoms with van der Waals surface area (Å²) in [5, 5.41) is 0. The van der Waals surface area contributed by atoms with Crippen LogP contribution in [-0.4, -0.2) is 5.91 Å². The fourth-order valence-electron chi connectivity index (χ4n) is 3.06. The Morgan fingerprint density at radius 2 is 1.73 bits per heavy atom. The van der Waals surface area contributed by atoms with Gasteiger partial charge in [-0.2, -0.15) is 0 Å². The van der Waals surface area contributed by atoms with Crippen molar-refractivity contribution in [3.05, 3.63) is 89.7 Å². The smallest absolute Gasteiger partial charge is 0.273 e. The minimum absolute atomic E-state index is 0.182. The van der Waals surface area contributed by atoms with E-state index in [9.17, 15) is 9.18 Å². The maximum absolute atomic E-state index is 13.2. The molecule has 130 valence electrons. The summed E-state index contributed by atoms with van der Waals surface area (Å²) in [6.07, 6.45) is -0.729. The van der Waals surface area contributed by atoms with Crippen LogP contribution < -0.4 is 15.4 Å². The Kier molecular flexibility index (Phi) is 4.05. The number of fused-ring (bicyclic) bond motifs is 1. The molecule has 0 saturated heterocycles. The highest BCUT2D eigenvalue weighted by molar-refractivity contribution is 6.01. The largest absolute Gasteiger partial charge is 0.474 e. The van der Waals surface area contributed by atoms with Gasteiger partial charge in [0, 0.05) is 11.3 Å². The van der Waals surface area contributed by atoms with Gasteiger partial charge < -0.3 is 15.4 Å². The molecule has 1 aliphatic heterocycles. The van der Waals surface area contributed by atoms with Crippen molar-refractivity contribution in [3.63, 3.8) is 0 Å². The molecule has 26 heavy (non-hydrogen) atoms. The Labute approximate surface area is 150 Å². The van der Waals surface area contributed by atoms with Gasteiger partial charge in [-0.3, -0.25) is 4.79 Å². The van der Waals surface area contributed by atoms with Gasteiger partial charge in [-0.1, -0.05) is 42.5 Å². The van der Waals surface area contributed by atoms with Crippen LogP contribution in [0.5, 0.6) is 5.75 Å². The average Bonchev–Trinajstić information content (AvgIpc) is 2.66. The third-order valence-corrected chi connectivity index (χ3v) is 4.37. The lowest BCUT2D eigenvalue weighted by Gasteiger charge is -2.34. The SMILES string of the molecule is Nc1ccc2c(c1)N(Cc1ccc(F)cc1)C(=O)C(c1ccccc1)O2. The first kappa shape index (κ1) is 16.1. The maximum Gasteiger partial charge on any atom is 0.273 e. The van der Waals surface area contributed by atoms with Crippen molar-refractivity contribution in [2.24, 2.45) is 0 Å². The molecule has 0 spiro atoms. The molecule has 0 bridgehead atoms. The highest BCUT2D eigenvalue weighted by atomic mass is 19.1. The van der Waals surface area contributed by atoms with E-state index < -0.39 is 6.10 Å². The predicted molar refractivity (Wildman–Crippen MR) is 98.3 cm³/mol. The lowest BCUT2D eigenvalue weighted by Crippen LogP contribution is -2.40. The molecule has 4 rings (SSSR count). The van der Waals surface area contributed by atoms with Crippen LogP contribution in [-0.2, 0) is 11.3 Å². The normalized spacial score (nSPS) is 16.1. The molecule has 0 saturated carbocycles. The van der Waals surface area contributed by atoms with E-state index in [0.29, 0.717) is 23.7 Å². The van der Waals surface area contributed by atoms with Gasteiger partial charge in [0.25, 0.3) is 5.91 Å². The van der Waals surface area contributed by atoms with Gasteiger partial charge in [0.05, 0.1) is 12.2 Å². The molecular formula is C21H17FN2O2. The zero-order valence-electron chi connectivity index (χ0n) is 13.9. The monoisotopic (exact) mass is 348 g/mol. The Morgan fingerprint density at radius 3 is 2.46 bits per heavy atom. The minimum atomic E-state index is -0.729. The molecule has 1 aliphatic rings. The summed E-state index contributed by atoms with van der Waals surface area (Å²) in [7, 11) is 0. The molecule has 0 fully saturated rings. The number of benzene rings is 3. The Morgan fingerprint density at radius 1 is 1.00 bits per heavy atom. The number of rotatable bonds is 3. The van der Waals surface area contributed by atoms with E-state index in [0.717, 1.165) is 11.1 Å². The summed E-state index contributed by atoms with van der Waals surface area (Å²) in [5.74, 6) is 0.0993. The van der Waals surface area contributed by atoms with Crippen molar-refractivity contribution in [3.8, 4) is 5.75 Å². The molecule has 5 heteroatoms. The molecule has 1 atom stereocenters. The van der Waals surface area contributed by atoms with Gasteiger partial charge in [0.15, 0.2) is 0 Å². The van der Waals surface area contributed by atoms with Crippen LogP contribution in [0.15, 0.2) is 72.8 Å². The summed E-state index contributed by atoms with van der Waals surface area (Å²) >= 11 is 0. The molecule has 3 aromatic rings. The number of amides is 1. The number of anilines is 2. The second-order valence-corrected chi connectivity index (χ2v) is 6.19. The van der Waals surface area contributed by atoms with E-state index in [1.807, 2.05) is 30.3 Å². The third kappa shape index (κ3) is 2.99. The van der Waals surface area contributed by atoms with E-state index in [4.69, 9.17) is 10.5 Å². The zero-order chi connectivity index (χ0) is 18.1. The van der Waals surface area contributed by atoms with Gasteiger partial charge >= 0.3 is 0 Å². The van der Waals surface area contributed by atoms with Gasteiger partial charge in [-0.25, -0.2) is 4.39 Å². The van der Waals surface area contributed by atoms with Crippen LogP contribution in [0.3, 0.4) is 0 Å². The molecule has 2 N–H and O–H groups in total. The first-order chi connectivity index (χ1) is 12.6. The first-order valence-electron chi connectivity index (χ1n) is 8.29. The number of hydrogen-bond acceptors (Lipinski definition) is 3. The van der Waals surface area contributed by atoms with E-state index in [2.05, 4.69) is 0 Å². The van der Waals surface area contributed by atoms with Crippen LogP contribution >= 0.6 is 0 Å². The van der Waals surface area contributed by atoms with Gasteiger partial charge in [-0.05, 0) is 35.9 Å². The highest BCUT2D eigenvalue weighted by Crippen LogP contribution is 2.40. The molecule has 0 aromatic heterocycles. The van der Waals surface area contributed by atoms with Crippen molar-refractivity contribution in [2.75, 3.05) is 10.6 Å². The Bertz CT molecular complexity index is 942. The molecule has 1 unspecified atom stereocenters. The number of nitrogen functional groups attached to an aromatic ring is 1. The van der Waals surface area contributed by atoms with Crippen LogP contribution in [0.2, 0.25) is 0 Å². The van der Waals surface area contributed by atoms with Crippen molar-refractivity contribution < 1.29 is 13.9 Å². The second kappa shape index (κ2) is 6.52. The molecule has 4 nitrogen and oxygen atoms in total. The Hall–Kier alpha value is -3.34. The lowest BCUT2D eigenvalue weighted by molar-refractivity contribution is -0.126. The van der Waals surface area contributed by atoms with Crippen LogP contribution in [0.1, 0.15) is 17.2 Å². The maximum atomic E-state index is 13.2. The molecule has 0 radical (unpaired) electrons. The minimum Gasteiger partial charge on any atom is -0.474 e. The number of nitrogens with zero attached hydrogens (tertiary/aromatic N) is 1. The van der Waals surface area contributed by atoms with Crippen LogP contribution in [0.25, 0.3) is 0 Å². The molecule has 1 amide bonds. The van der Waals surface area contributed by atoms with Crippen molar-refractivity contribution >= 4 is 17.3 Å². The van der Waals surface area contributed by atoms with Crippen molar-refractivity contribution in [2.45, 2.75) is 12.6 Å². The fraction of sp³-hybridized carbons (Fsp3) is 0.0952. The number of hydrogen-bond donors (Lipinski definition) is 1. The predicted octanol–water partition coefficient (Wildman–Crippen LogP) is 4.07. The van der Waals surface area contributed by atoms with Gasteiger partial charge in [-0.15, -0.1) is 0 Å². The Balaban J connectivity index is 1.75. The summed E-state index contributed by atoms with van der Waals surface area (Å²) < 4.78 is 19.2. The second-order valence-electron chi connectivity index (χ2n) is 6.19. The van der Waals surface area contributed by atoms with Crippen LogP contribution in [0.4, 0.5) is 15.8 Å². The highest BCUT2D eigenvalue weighted by Gasteiger charge is 2.35. The lowest BCUT2D eigenvalue weighted by atomic mass is 10.0. The fourth-order valence-corrected chi connectivity index (χ4v) is 3.06. The van der Waals surface area contributed by atoms with Crippen LogP contribution in [0, 0.1) is 5.82 Å². The molecular weight excluding hydrogens is 331 g/mol. The zero-order valence-corrected chi connectivity index (χ0v) is 13.9. The average molecular weight is 348 g/mol. The van der Waals surface area contributed by atoms with Gasteiger partial charge in [0.2, 0.25) is 6.10 Å².